The van der Waals surface area contributed by atoms with Crippen molar-refractivity contribution in [3.05, 3.63) is 24.3 Å². The van der Waals surface area contributed by atoms with Gasteiger partial charge in [0.25, 0.3) is 9.84 Å². The van der Waals surface area contributed by atoms with Crippen LogP contribution in [0.3, 0.4) is 0 Å². The Morgan fingerprint density at radius 1 is 1.25 bits per heavy atom. The monoisotopic (exact) mass is 310 g/mol. The smallest absolute Gasteiger partial charge is 0.371 e. The molecule has 0 heterocycles. The highest BCUT2D eigenvalue weighted by Crippen LogP contribution is 2.35. The van der Waals surface area contributed by atoms with Gasteiger partial charge in [0.1, 0.15) is 0 Å². The molecule has 0 aromatic heterocycles. The van der Waals surface area contributed by atoms with Crippen molar-refractivity contribution in [3.8, 4) is 0 Å². The predicted octanol–water partition coefficient (Wildman–Crippen LogP) is 2.16. The number of alkyl halides is 3. The molecule has 0 unspecified atom stereocenters. The lowest BCUT2D eigenvalue weighted by molar-refractivity contribution is -0.0435. The number of benzene rings is 1. The Labute approximate surface area is 116 Å². The third-order valence-electron chi connectivity index (χ3n) is 2.81. The summed E-state index contributed by atoms with van der Waals surface area (Å²) in [5.41, 5.74) is 0.125. The van der Waals surface area contributed by atoms with Gasteiger partial charge in [-0.15, -0.1) is 0 Å². The van der Waals surface area contributed by atoms with Crippen LogP contribution in [0.4, 0.5) is 18.9 Å². The molecule has 20 heavy (non-hydrogen) atoms. The first kappa shape index (κ1) is 16.8. The van der Waals surface area contributed by atoms with E-state index in [1.807, 2.05) is 0 Å². The second-order valence-corrected chi connectivity index (χ2v) is 6.05. The molecule has 0 aliphatic rings. The molecule has 0 aliphatic carbocycles. The standard InChI is InChI=1S/C12H17F3N2O2S/c1-2-17(9-5-8-16)10-6-3-4-7-11(10)20(18,19)12(13,14)15/h3-4,6-7H,2,5,8-9,16H2,1H3. The van der Waals surface area contributed by atoms with Crippen LogP contribution >= 0.6 is 0 Å². The van der Waals surface area contributed by atoms with Crippen LogP contribution in [-0.4, -0.2) is 33.6 Å². The first-order valence-electron chi connectivity index (χ1n) is 6.11. The van der Waals surface area contributed by atoms with E-state index in [4.69, 9.17) is 5.73 Å². The molecule has 0 amide bonds. The SMILES string of the molecule is CCN(CCCN)c1ccccc1S(=O)(=O)C(F)(F)F. The van der Waals surface area contributed by atoms with Gasteiger partial charge in [0, 0.05) is 13.1 Å². The van der Waals surface area contributed by atoms with Crippen molar-refractivity contribution in [3.63, 3.8) is 0 Å². The summed E-state index contributed by atoms with van der Waals surface area (Å²) in [4.78, 5) is 0.859. The van der Waals surface area contributed by atoms with Crippen molar-refractivity contribution in [2.75, 3.05) is 24.5 Å². The summed E-state index contributed by atoms with van der Waals surface area (Å²) < 4.78 is 61.3. The van der Waals surface area contributed by atoms with Crippen LogP contribution in [0.2, 0.25) is 0 Å². The number of halogens is 3. The minimum atomic E-state index is -5.36. The summed E-state index contributed by atoms with van der Waals surface area (Å²) in [5.74, 6) is 0. The number of hydrogen-bond acceptors (Lipinski definition) is 4. The van der Waals surface area contributed by atoms with Crippen molar-refractivity contribution in [1.82, 2.24) is 0 Å². The highest BCUT2D eigenvalue weighted by molar-refractivity contribution is 7.92. The molecule has 2 N–H and O–H groups in total. The minimum absolute atomic E-state index is 0.0563. The van der Waals surface area contributed by atoms with E-state index in [2.05, 4.69) is 0 Å². The van der Waals surface area contributed by atoms with E-state index >= 15 is 0 Å². The van der Waals surface area contributed by atoms with Gasteiger partial charge in [-0.25, -0.2) is 8.42 Å². The maximum atomic E-state index is 12.7. The molecule has 114 valence electrons. The maximum absolute atomic E-state index is 12.7. The van der Waals surface area contributed by atoms with Crippen molar-refractivity contribution in [1.29, 1.82) is 0 Å². The molecule has 0 spiro atoms. The maximum Gasteiger partial charge on any atom is 0.501 e. The van der Waals surface area contributed by atoms with Crippen molar-refractivity contribution in [2.24, 2.45) is 5.73 Å². The summed E-state index contributed by atoms with van der Waals surface area (Å²) >= 11 is 0. The lowest BCUT2D eigenvalue weighted by Gasteiger charge is -2.25. The zero-order chi connectivity index (χ0) is 15.4. The molecule has 1 aromatic carbocycles. The number of nitrogens with two attached hydrogens (primary N) is 1. The third-order valence-corrected chi connectivity index (χ3v) is 4.35. The average molecular weight is 310 g/mol. The fraction of sp³-hybridized carbons (Fsp3) is 0.500. The Hall–Kier alpha value is -1.28. The van der Waals surface area contributed by atoms with Crippen LogP contribution in [0.5, 0.6) is 0 Å². The number of sulfone groups is 1. The molecule has 1 rings (SSSR count). The molecule has 8 heteroatoms. The first-order valence-corrected chi connectivity index (χ1v) is 7.59. The summed E-state index contributed by atoms with van der Waals surface area (Å²) in [5, 5.41) is 0. The number of nitrogens with zero attached hydrogens (tertiary/aromatic N) is 1. The topological polar surface area (TPSA) is 63.4 Å². The third kappa shape index (κ3) is 3.43. The summed E-state index contributed by atoms with van der Waals surface area (Å²) in [7, 11) is -5.36. The van der Waals surface area contributed by atoms with E-state index in [1.54, 1.807) is 11.8 Å². The molecule has 0 saturated heterocycles. The zero-order valence-electron chi connectivity index (χ0n) is 11.0. The van der Waals surface area contributed by atoms with Gasteiger partial charge in [0.15, 0.2) is 0 Å². The van der Waals surface area contributed by atoms with Crippen LogP contribution < -0.4 is 10.6 Å². The van der Waals surface area contributed by atoms with Crippen molar-refractivity contribution < 1.29 is 21.6 Å². The Kier molecular flexibility index (Phi) is 5.41. The van der Waals surface area contributed by atoms with Gasteiger partial charge in [0.05, 0.1) is 10.6 Å². The van der Waals surface area contributed by atoms with Crippen LogP contribution in [0.1, 0.15) is 13.3 Å². The fourth-order valence-corrected chi connectivity index (χ4v) is 2.78. The molecule has 0 saturated carbocycles. The lowest BCUT2D eigenvalue weighted by atomic mass is 10.2. The molecule has 0 fully saturated rings. The largest absolute Gasteiger partial charge is 0.501 e. The van der Waals surface area contributed by atoms with Gasteiger partial charge in [-0.05, 0) is 32.0 Å². The van der Waals surface area contributed by atoms with Crippen molar-refractivity contribution in [2.45, 2.75) is 23.7 Å². The van der Waals surface area contributed by atoms with Crippen LogP contribution in [0, 0.1) is 0 Å². The molecule has 0 aliphatic heterocycles. The van der Waals surface area contributed by atoms with E-state index in [0.29, 0.717) is 26.1 Å². The zero-order valence-corrected chi connectivity index (χ0v) is 11.8. The quantitative estimate of drug-likeness (QED) is 0.874. The number of para-hydroxylation sites is 1. The predicted molar refractivity (Wildman–Crippen MR) is 71.2 cm³/mol. The second-order valence-electron chi connectivity index (χ2n) is 4.14. The number of hydrogen-bond donors (Lipinski definition) is 1. The van der Waals surface area contributed by atoms with Gasteiger partial charge in [0.2, 0.25) is 0 Å². The van der Waals surface area contributed by atoms with Gasteiger partial charge >= 0.3 is 5.51 Å². The molecule has 0 radical (unpaired) electrons. The Morgan fingerprint density at radius 3 is 2.35 bits per heavy atom. The van der Waals surface area contributed by atoms with Gasteiger partial charge in [-0.3, -0.25) is 0 Å². The van der Waals surface area contributed by atoms with Crippen molar-refractivity contribution >= 4 is 15.5 Å². The average Bonchev–Trinajstić information content (AvgIpc) is 2.38. The normalized spacial score (nSPS) is 12.4. The summed E-state index contributed by atoms with van der Waals surface area (Å²) in [6.45, 7) is 2.92. The molecule has 0 atom stereocenters. The molecule has 0 bridgehead atoms. The number of rotatable bonds is 6. The van der Waals surface area contributed by atoms with Gasteiger partial charge < -0.3 is 10.6 Å². The van der Waals surface area contributed by atoms with E-state index in [1.165, 1.54) is 18.2 Å². The van der Waals surface area contributed by atoms with Crippen LogP contribution in [0.15, 0.2) is 29.2 Å². The van der Waals surface area contributed by atoms with E-state index < -0.39 is 20.2 Å². The number of anilines is 1. The second kappa shape index (κ2) is 6.45. The van der Waals surface area contributed by atoms with E-state index in [-0.39, 0.29) is 5.69 Å². The van der Waals surface area contributed by atoms with Gasteiger partial charge in [-0.2, -0.15) is 13.2 Å². The van der Waals surface area contributed by atoms with Crippen LogP contribution in [-0.2, 0) is 9.84 Å². The lowest BCUT2D eigenvalue weighted by Crippen LogP contribution is -2.30. The Bertz CT molecular complexity index is 544. The van der Waals surface area contributed by atoms with E-state index in [0.717, 1.165) is 6.07 Å². The molecule has 1 aromatic rings. The van der Waals surface area contributed by atoms with E-state index in [9.17, 15) is 21.6 Å². The highest BCUT2D eigenvalue weighted by Gasteiger charge is 2.48. The minimum Gasteiger partial charge on any atom is -0.371 e. The highest BCUT2D eigenvalue weighted by atomic mass is 32.2. The fourth-order valence-electron chi connectivity index (χ4n) is 1.80. The molecular formula is C12H17F3N2O2S. The Balaban J connectivity index is 3.30. The van der Waals surface area contributed by atoms with Gasteiger partial charge in [-0.1, -0.05) is 12.1 Å². The Morgan fingerprint density at radius 2 is 1.85 bits per heavy atom. The molecular weight excluding hydrogens is 293 g/mol. The first-order chi connectivity index (χ1) is 9.25. The summed E-state index contributed by atoms with van der Waals surface area (Å²) in [6.07, 6.45) is 0.564. The molecule has 4 nitrogen and oxygen atoms in total. The summed E-state index contributed by atoms with van der Waals surface area (Å²) in [6, 6.07) is 5.14. The van der Waals surface area contributed by atoms with Crippen LogP contribution in [0.25, 0.3) is 0 Å².